The highest BCUT2D eigenvalue weighted by atomic mass is 35.5. The van der Waals surface area contributed by atoms with Gasteiger partial charge in [-0.15, -0.1) is 0 Å². The molecule has 0 aliphatic rings. The number of amides is 1. The van der Waals surface area contributed by atoms with E-state index in [4.69, 9.17) is 23.2 Å². The molecule has 0 radical (unpaired) electrons. The Morgan fingerprint density at radius 3 is 2.14 bits per heavy atom. The van der Waals surface area contributed by atoms with Crippen LogP contribution in [0.25, 0.3) is 0 Å². The summed E-state index contributed by atoms with van der Waals surface area (Å²) in [6.45, 7) is 3.87. The number of carbonyl (C=O) groups excluding carboxylic acids is 1. The van der Waals surface area contributed by atoms with Crippen LogP contribution in [0.15, 0.2) is 0 Å². The van der Waals surface area contributed by atoms with E-state index in [1.165, 1.54) is 0 Å². The largest absolute Gasteiger partial charge is 0.297 e. The van der Waals surface area contributed by atoms with Gasteiger partial charge in [-0.25, -0.2) is 9.97 Å². The average Bonchev–Trinajstić information content (AvgIpc) is 2.01. The summed E-state index contributed by atoms with van der Waals surface area (Å²) in [5.74, 6) is 0.250. The molecule has 1 aromatic rings. The van der Waals surface area contributed by atoms with Crippen molar-refractivity contribution < 1.29 is 4.79 Å². The van der Waals surface area contributed by atoms with Crippen LogP contribution in [0, 0.1) is 0 Å². The lowest BCUT2D eigenvalue weighted by Gasteiger charge is -2.09. The molecule has 0 fully saturated rings. The first-order valence-electron chi connectivity index (χ1n) is 3.99. The molecule has 1 N–H and O–H groups in total. The van der Waals surface area contributed by atoms with Gasteiger partial charge in [0.15, 0.2) is 0 Å². The summed E-state index contributed by atoms with van der Waals surface area (Å²) < 4.78 is 0. The number of rotatable bonds is 3. The van der Waals surface area contributed by atoms with Gasteiger partial charge in [-0.3, -0.25) is 10.1 Å². The molecular formula is C8H9Cl2N3O. The van der Waals surface area contributed by atoms with Crippen LogP contribution < -0.4 is 5.32 Å². The predicted octanol–water partition coefficient (Wildman–Crippen LogP) is 2.48. The third-order valence-electron chi connectivity index (χ3n) is 1.62. The van der Waals surface area contributed by atoms with Gasteiger partial charge in [0, 0.05) is 5.56 Å². The Bertz CT molecular complexity index is 331. The third-order valence-corrected chi connectivity index (χ3v) is 2.19. The minimum absolute atomic E-state index is 0.111. The summed E-state index contributed by atoms with van der Waals surface area (Å²) in [5, 5.41) is 2.82. The minimum atomic E-state index is 0.111. The maximum atomic E-state index is 10.1. The number of hydrogen-bond acceptors (Lipinski definition) is 3. The van der Waals surface area contributed by atoms with Crippen LogP contribution >= 0.6 is 23.2 Å². The molecule has 1 heterocycles. The topological polar surface area (TPSA) is 54.9 Å². The van der Waals surface area contributed by atoms with Crippen molar-refractivity contribution in [3.63, 3.8) is 0 Å². The van der Waals surface area contributed by atoms with E-state index < -0.39 is 0 Å². The zero-order chi connectivity index (χ0) is 10.7. The molecule has 14 heavy (non-hydrogen) atoms. The predicted molar refractivity (Wildman–Crippen MR) is 55.8 cm³/mol. The van der Waals surface area contributed by atoms with Crippen LogP contribution in [-0.2, 0) is 4.79 Å². The van der Waals surface area contributed by atoms with Crippen molar-refractivity contribution in [2.24, 2.45) is 0 Å². The van der Waals surface area contributed by atoms with Crippen molar-refractivity contribution in [2.45, 2.75) is 19.8 Å². The maximum absolute atomic E-state index is 10.1. The SMILES string of the molecule is CC(C)c1c(Cl)nc(NC=O)nc1Cl. The molecule has 1 aromatic heterocycles. The first-order chi connectivity index (χ1) is 6.56. The van der Waals surface area contributed by atoms with Crippen molar-refractivity contribution >= 4 is 35.6 Å². The molecule has 0 aliphatic heterocycles. The summed E-state index contributed by atoms with van der Waals surface area (Å²) in [5.41, 5.74) is 0.685. The molecule has 0 atom stereocenters. The number of aromatic nitrogens is 2. The van der Waals surface area contributed by atoms with E-state index in [2.05, 4.69) is 15.3 Å². The first kappa shape index (κ1) is 11.2. The summed E-state index contributed by atoms with van der Waals surface area (Å²) in [6, 6.07) is 0. The van der Waals surface area contributed by atoms with Crippen LogP contribution in [-0.4, -0.2) is 16.4 Å². The Balaban J connectivity index is 3.17. The Morgan fingerprint density at radius 1 is 1.29 bits per heavy atom. The van der Waals surface area contributed by atoms with Crippen molar-refractivity contribution in [1.82, 2.24) is 9.97 Å². The number of nitrogens with zero attached hydrogens (tertiary/aromatic N) is 2. The summed E-state index contributed by atoms with van der Waals surface area (Å²) in [7, 11) is 0. The molecule has 0 saturated heterocycles. The maximum Gasteiger partial charge on any atom is 0.232 e. The van der Waals surface area contributed by atoms with Gasteiger partial charge >= 0.3 is 0 Å². The monoisotopic (exact) mass is 233 g/mol. The highest BCUT2D eigenvalue weighted by Gasteiger charge is 2.14. The van der Waals surface area contributed by atoms with Gasteiger partial charge in [0.1, 0.15) is 10.3 Å². The lowest BCUT2D eigenvalue weighted by Crippen LogP contribution is -2.04. The van der Waals surface area contributed by atoms with Gasteiger partial charge in [-0.2, -0.15) is 0 Å². The molecular weight excluding hydrogens is 225 g/mol. The second-order valence-corrected chi connectivity index (χ2v) is 3.68. The molecule has 1 rings (SSSR count). The number of anilines is 1. The van der Waals surface area contributed by atoms with Crippen molar-refractivity contribution in [3.05, 3.63) is 15.9 Å². The fraction of sp³-hybridized carbons (Fsp3) is 0.375. The number of nitrogens with one attached hydrogen (secondary N) is 1. The van der Waals surface area contributed by atoms with Crippen LogP contribution in [0.5, 0.6) is 0 Å². The number of halogens is 2. The van der Waals surface area contributed by atoms with E-state index >= 15 is 0 Å². The van der Waals surface area contributed by atoms with E-state index in [0.29, 0.717) is 12.0 Å². The van der Waals surface area contributed by atoms with Crippen LogP contribution in [0.1, 0.15) is 25.3 Å². The lowest BCUT2D eigenvalue weighted by molar-refractivity contribution is -0.105. The van der Waals surface area contributed by atoms with Gasteiger partial charge in [-0.1, -0.05) is 37.0 Å². The average molecular weight is 234 g/mol. The molecule has 6 heteroatoms. The van der Waals surface area contributed by atoms with Crippen molar-refractivity contribution in [3.8, 4) is 0 Å². The van der Waals surface area contributed by atoms with Crippen LogP contribution in [0.3, 0.4) is 0 Å². The Morgan fingerprint density at radius 2 is 1.79 bits per heavy atom. The Labute approximate surface area is 91.6 Å². The second-order valence-electron chi connectivity index (χ2n) is 2.96. The molecule has 4 nitrogen and oxygen atoms in total. The van der Waals surface area contributed by atoms with Crippen LogP contribution in [0.2, 0.25) is 10.3 Å². The molecule has 0 unspecified atom stereocenters. The minimum Gasteiger partial charge on any atom is -0.297 e. The highest BCUT2D eigenvalue weighted by Crippen LogP contribution is 2.29. The second kappa shape index (κ2) is 4.57. The van der Waals surface area contributed by atoms with Crippen molar-refractivity contribution in [1.29, 1.82) is 0 Å². The smallest absolute Gasteiger partial charge is 0.232 e. The zero-order valence-electron chi connectivity index (χ0n) is 7.71. The molecule has 0 aromatic carbocycles. The van der Waals surface area contributed by atoms with Crippen molar-refractivity contribution in [2.75, 3.05) is 5.32 Å². The van der Waals surface area contributed by atoms with Gasteiger partial charge in [0.25, 0.3) is 0 Å². The normalized spacial score (nSPS) is 10.4. The van der Waals surface area contributed by atoms with E-state index in [1.54, 1.807) is 0 Å². The van der Waals surface area contributed by atoms with Gasteiger partial charge in [0.05, 0.1) is 0 Å². The molecule has 1 amide bonds. The molecule has 0 bridgehead atoms. The fourth-order valence-electron chi connectivity index (χ4n) is 1.01. The van der Waals surface area contributed by atoms with Gasteiger partial charge in [-0.05, 0) is 5.92 Å². The molecule has 0 saturated carbocycles. The van der Waals surface area contributed by atoms with Gasteiger partial charge in [0.2, 0.25) is 12.4 Å². The van der Waals surface area contributed by atoms with E-state index in [1.807, 2.05) is 13.8 Å². The van der Waals surface area contributed by atoms with E-state index in [0.717, 1.165) is 0 Å². The Hall–Kier alpha value is -0.870. The molecule has 0 aliphatic carbocycles. The lowest BCUT2D eigenvalue weighted by atomic mass is 10.1. The summed E-state index contributed by atoms with van der Waals surface area (Å²) >= 11 is 11.7. The Kier molecular flexibility index (Phi) is 3.66. The standard InChI is InChI=1S/C8H9Cl2N3O/c1-4(2)5-6(9)12-8(11-3-14)13-7(5)10/h3-4H,1-2H3,(H,11,12,13,14). The summed E-state index contributed by atoms with van der Waals surface area (Å²) in [6.07, 6.45) is 0.469. The van der Waals surface area contributed by atoms with Crippen LogP contribution in [0.4, 0.5) is 5.95 Å². The number of carbonyl (C=O) groups is 1. The summed E-state index contributed by atoms with van der Waals surface area (Å²) in [4.78, 5) is 17.9. The fourth-order valence-corrected chi connectivity index (χ4v) is 1.83. The quantitative estimate of drug-likeness (QED) is 0.645. The van der Waals surface area contributed by atoms with E-state index in [9.17, 15) is 4.79 Å². The zero-order valence-corrected chi connectivity index (χ0v) is 9.23. The first-order valence-corrected chi connectivity index (χ1v) is 4.75. The third kappa shape index (κ3) is 2.33. The van der Waals surface area contributed by atoms with E-state index in [-0.39, 0.29) is 22.2 Å². The highest BCUT2D eigenvalue weighted by molar-refractivity contribution is 6.34. The molecule has 76 valence electrons. The molecule has 0 spiro atoms. The number of hydrogen-bond donors (Lipinski definition) is 1. The van der Waals surface area contributed by atoms with Gasteiger partial charge < -0.3 is 0 Å².